The number of nitrogens with two attached hydrogens (primary N) is 1. The van der Waals surface area contributed by atoms with Gasteiger partial charge in [-0.15, -0.1) is 0 Å². The first kappa shape index (κ1) is 11.4. The first-order valence-electron chi connectivity index (χ1n) is 5.75. The molecule has 0 radical (unpaired) electrons. The van der Waals surface area contributed by atoms with Crippen molar-refractivity contribution in [3.63, 3.8) is 0 Å². The second kappa shape index (κ2) is 4.85. The molecule has 0 saturated carbocycles. The van der Waals surface area contributed by atoms with E-state index >= 15 is 0 Å². The Balaban J connectivity index is 2.14. The third kappa shape index (κ3) is 2.54. The molecule has 16 heavy (non-hydrogen) atoms. The molecule has 0 aliphatic carbocycles. The van der Waals surface area contributed by atoms with Crippen molar-refractivity contribution in [3.8, 4) is 5.75 Å². The lowest BCUT2D eigenvalue weighted by Gasteiger charge is -2.23. The molecule has 0 saturated heterocycles. The van der Waals surface area contributed by atoms with Gasteiger partial charge in [-0.25, -0.2) is 0 Å². The van der Waals surface area contributed by atoms with E-state index in [2.05, 4.69) is 13.8 Å². The van der Waals surface area contributed by atoms with Crippen molar-refractivity contribution >= 4 is 0 Å². The van der Waals surface area contributed by atoms with Crippen LogP contribution >= 0.6 is 0 Å². The summed E-state index contributed by atoms with van der Waals surface area (Å²) in [7, 11) is 0. The minimum absolute atomic E-state index is 0.0219. The molecule has 0 unspecified atom stereocenters. The zero-order valence-corrected chi connectivity index (χ0v) is 9.90. The van der Waals surface area contributed by atoms with Gasteiger partial charge in [0, 0.05) is 0 Å². The Kier molecular flexibility index (Phi) is 3.46. The van der Waals surface area contributed by atoms with Gasteiger partial charge >= 0.3 is 0 Å². The molecule has 1 aromatic rings. The number of benzene rings is 1. The second-order valence-electron chi connectivity index (χ2n) is 4.69. The van der Waals surface area contributed by atoms with Gasteiger partial charge in [0.05, 0.1) is 25.9 Å². The normalized spacial score (nSPS) is 19.6. The molecule has 3 heteroatoms. The average molecular weight is 221 g/mol. The van der Waals surface area contributed by atoms with Crippen LogP contribution in [0.25, 0.3) is 0 Å². The molecule has 0 fully saturated rings. The predicted octanol–water partition coefficient (Wildman–Crippen LogP) is 2.25. The minimum Gasteiger partial charge on any atom is -0.493 e. The molecule has 1 aliphatic rings. The highest BCUT2D eigenvalue weighted by molar-refractivity contribution is 5.38. The number of hydrogen-bond donors (Lipinski definition) is 1. The van der Waals surface area contributed by atoms with Gasteiger partial charge in [-0.1, -0.05) is 19.9 Å². The van der Waals surface area contributed by atoms with Gasteiger partial charge < -0.3 is 15.2 Å². The van der Waals surface area contributed by atoms with Crippen molar-refractivity contribution < 1.29 is 9.47 Å². The van der Waals surface area contributed by atoms with Crippen molar-refractivity contribution in [1.82, 2.24) is 0 Å². The van der Waals surface area contributed by atoms with Crippen molar-refractivity contribution in [1.29, 1.82) is 0 Å². The molecule has 1 atom stereocenters. The minimum atomic E-state index is -0.0219. The molecule has 2 rings (SSSR count). The summed E-state index contributed by atoms with van der Waals surface area (Å²) in [6.07, 6.45) is 0. The summed E-state index contributed by atoms with van der Waals surface area (Å²) in [5.74, 6) is 1.44. The van der Waals surface area contributed by atoms with Crippen LogP contribution in [0.4, 0.5) is 0 Å². The number of hydrogen-bond acceptors (Lipinski definition) is 3. The fourth-order valence-electron chi connectivity index (χ4n) is 1.79. The summed E-state index contributed by atoms with van der Waals surface area (Å²) in [6, 6.07) is 6.06. The molecule has 1 heterocycles. The first-order valence-corrected chi connectivity index (χ1v) is 5.75. The van der Waals surface area contributed by atoms with E-state index in [1.54, 1.807) is 0 Å². The van der Waals surface area contributed by atoms with Crippen LogP contribution in [0, 0.1) is 5.92 Å². The third-order valence-electron chi connectivity index (χ3n) is 2.66. The van der Waals surface area contributed by atoms with Gasteiger partial charge in [0.25, 0.3) is 0 Å². The lowest BCUT2D eigenvalue weighted by Crippen LogP contribution is -2.23. The highest BCUT2D eigenvalue weighted by Gasteiger charge is 2.17. The number of ether oxygens (including phenoxy) is 2. The molecular weight excluding hydrogens is 202 g/mol. The van der Waals surface area contributed by atoms with E-state index in [1.165, 1.54) is 5.56 Å². The standard InChI is InChI=1S/C13H19NO2/c1-9(2)6-16-11-4-3-10-7-15-8-13(14)12(10)5-11/h3-5,9,13H,6-8,14H2,1-2H3/t13-/m0/s1. The molecule has 0 aromatic heterocycles. The molecule has 88 valence electrons. The Morgan fingerprint density at radius 2 is 2.31 bits per heavy atom. The Morgan fingerprint density at radius 1 is 1.50 bits per heavy atom. The highest BCUT2D eigenvalue weighted by Crippen LogP contribution is 2.27. The molecule has 1 aliphatic heterocycles. The number of rotatable bonds is 3. The maximum atomic E-state index is 5.99. The summed E-state index contributed by atoms with van der Waals surface area (Å²) >= 11 is 0. The van der Waals surface area contributed by atoms with Crippen LogP contribution in [0.15, 0.2) is 18.2 Å². The van der Waals surface area contributed by atoms with Gasteiger partial charge in [-0.2, -0.15) is 0 Å². The molecule has 0 amide bonds. The predicted molar refractivity (Wildman–Crippen MR) is 63.4 cm³/mol. The summed E-state index contributed by atoms with van der Waals surface area (Å²) in [5.41, 5.74) is 8.33. The smallest absolute Gasteiger partial charge is 0.119 e. The molecule has 2 N–H and O–H groups in total. The van der Waals surface area contributed by atoms with E-state index < -0.39 is 0 Å². The monoisotopic (exact) mass is 221 g/mol. The Labute approximate surface area is 96.5 Å². The SMILES string of the molecule is CC(C)COc1ccc2c(c1)[C@@H](N)COC2. The topological polar surface area (TPSA) is 44.5 Å². The van der Waals surface area contributed by atoms with Gasteiger partial charge in [-0.3, -0.25) is 0 Å². The lowest BCUT2D eigenvalue weighted by molar-refractivity contribution is 0.0921. The van der Waals surface area contributed by atoms with E-state index in [1.807, 2.05) is 18.2 Å². The molecule has 0 bridgehead atoms. The molecule has 3 nitrogen and oxygen atoms in total. The van der Waals surface area contributed by atoms with Crippen molar-refractivity contribution in [3.05, 3.63) is 29.3 Å². The van der Waals surface area contributed by atoms with E-state index in [0.717, 1.165) is 17.9 Å². The zero-order chi connectivity index (χ0) is 11.5. The van der Waals surface area contributed by atoms with Crippen LogP contribution in [-0.2, 0) is 11.3 Å². The Hall–Kier alpha value is -1.06. The van der Waals surface area contributed by atoms with Crippen molar-refractivity contribution in [2.75, 3.05) is 13.2 Å². The van der Waals surface area contributed by atoms with E-state index in [-0.39, 0.29) is 6.04 Å². The largest absolute Gasteiger partial charge is 0.493 e. The van der Waals surface area contributed by atoms with Crippen LogP contribution < -0.4 is 10.5 Å². The molecule has 1 aromatic carbocycles. The highest BCUT2D eigenvalue weighted by atomic mass is 16.5. The van der Waals surface area contributed by atoms with E-state index in [9.17, 15) is 0 Å². The molecular formula is C13H19NO2. The fraction of sp³-hybridized carbons (Fsp3) is 0.538. The quantitative estimate of drug-likeness (QED) is 0.851. The Morgan fingerprint density at radius 3 is 3.06 bits per heavy atom. The van der Waals surface area contributed by atoms with Crippen LogP contribution in [0.3, 0.4) is 0 Å². The fourth-order valence-corrected chi connectivity index (χ4v) is 1.79. The van der Waals surface area contributed by atoms with Crippen LogP contribution in [0.2, 0.25) is 0 Å². The second-order valence-corrected chi connectivity index (χ2v) is 4.69. The summed E-state index contributed by atoms with van der Waals surface area (Å²) in [4.78, 5) is 0. The Bertz CT molecular complexity index is 363. The van der Waals surface area contributed by atoms with E-state index in [0.29, 0.717) is 19.1 Å². The van der Waals surface area contributed by atoms with Crippen molar-refractivity contribution in [2.24, 2.45) is 11.7 Å². The first-order chi connectivity index (χ1) is 7.66. The third-order valence-corrected chi connectivity index (χ3v) is 2.66. The number of fused-ring (bicyclic) bond motifs is 1. The summed E-state index contributed by atoms with van der Waals surface area (Å²) in [5, 5.41) is 0. The molecule has 0 spiro atoms. The van der Waals surface area contributed by atoms with Crippen LogP contribution in [-0.4, -0.2) is 13.2 Å². The van der Waals surface area contributed by atoms with Crippen LogP contribution in [0.1, 0.15) is 31.0 Å². The van der Waals surface area contributed by atoms with Gasteiger partial charge in [-0.05, 0) is 29.2 Å². The summed E-state index contributed by atoms with van der Waals surface area (Å²) < 4.78 is 11.1. The van der Waals surface area contributed by atoms with Crippen LogP contribution in [0.5, 0.6) is 5.75 Å². The van der Waals surface area contributed by atoms with E-state index in [4.69, 9.17) is 15.2 Å². The maximum Gasteiger partial charge on any atom is 0.119 e. The summed E-state index contributed by atoms with van der Waals surface area (Å²) in [6.45, 7) is 6.27. The van der Waals surface area contributed by atoms with Gasteiger partial charge in [0.1, 0.15) is 5.75 Å². The zero-order valence-electron chi connectivity index (χ0n) is 9.90. The van der Waals surface area contributed by atoms with Gasteiger partial charge in [0.15, 0.2) is 0 Å². The average Bonchev–Trinajstić information content (AvgIpc) is 2.27. The van der Waals surface area contributed by atoms with Crippen molar-refractivity contribution in [2.45, 2.75) is 26.5 Å². The van der Waals surface area contributed by atoms with Gasteiger partial charge in [0.2, 0.25) is 0 Å². The lowest BCUT2D eigenvalue weighted by atomic mass is 9.99. The maximum absolute atomic E-state index is 5.99.